The molecule has 1 aromatic carbocycles. The van der Waals surface area contributed by atoms with Crippen molar-refractivity contribution in [1.82, 2.24) is 5.32 Å². The van der Waals surface area contributed by atoms with Crippen molar-refractivity contribution in [1.29, 1.82) is 0 Å². The second-order valence-electron chi connectivity index (χ2n) is 5.93. The van der Waals surface area contributed by atoms with E-state index in [9.17, 15) is 0 Å². The van der Waals surface area contributed by atoms with Crippen LogP contribution < -0.4 is 15.4 Å². The van der Waals surface area contributed by atoms with Crippen LogP contribution in [0.15, 0.2) is 24.3 Å². The van der Waals surface area contributed by atoms with Crippen LogP contribution in [-0.4, -0.2) is 26.2 Å². The van der Waals surface area contributed by atoms with Gasteiger partial charge in [-0.3, -0.25) is 0 Å². The van der Waals surface area contributed by atoms with Crippen LogP contribution in [0.5, 0.6) is 5.75 Å². The Morgan fingerprint density at radius 1 is 1.16 bits per heavy atom. The molecular formula is C16H26N2O. The molecule has 0 amide bonds. The summed E-state index contributed by atoms with van der Waals surface area (Å²) in [5, 5.41) is 6.87. The fourth-order valence-electron chi connectivity index (χ4n) is 2.68. The maximum Gasteiger partial charge on any atom is 0.119 e. The van der Waals surface area contributed by atoms with E-state index in [1.807, 2.05) is 33.0 Å². The van der Waals surface area contributed by atoms with Crippen LogP contribution in [0, 0.1) is 5.41 Å². The van der Waals surface area contributed by atoms with Crippen LogP contribution in [0.4, 0.5) is 5.69 Å². The first-order chi connectivity index (χ1) is 9.13. The Morgan fingerprint density at radius 3 is 2.32 bits per heavy atom. The van der Waals surface area contributed by atoms with E-state index >= 15 is 0 Å². The number of nitrogens with one attached hydrogen (secondary N) is 2. The van der Waals surface area contributed by atoms with Gasteiger partial charge in [0.25, 0.3) is 0 Å². The predicted molar refractivity (Wildman–Crippen MR) is 80.9 cm³/mol. The molecular weight excluding hydrogens is 236 g/mol. The molecule has 3 nitrogen and oxygen atoms in total. The van der Waals surface area contributed by atoms with Crippen molar-refractivity contribution in [3.05, 3.63) is 24.3 Å². The van der Waals surface area contributed by atoms with Crippen LogP contribution in [0.3, 0.4) is 0 Å². The van der Waals surface area contributed by atoms with E-state index in [0.717, 1.165) is 18.8 Å². The fourth-order valence-corrected chi connectivity index (χ4v) is 2.68. The van der Waals surface area contributed by atoms with Gasteiger partial charge in [-0.1, -0.05) is 6.42 Å². The zero-order chi connectivity index (χ0) is 13.7. The molecule has 1 fully saturated rings. The minimum Gasteiger partial charge on any atom is -0.491 e. The average Bonchev–Trinajstić information content (AvgIpc) is 2.33. The van der Waals surface area contributed by atoms with Gasteiger partial charge in [0.2, 0.25) is 0 Å². The highest BCUT2D eigenvalue weighted by Gasteiger charge is 2.35. The van der Waals surface area contributed by atoms with Crippen LogP contribution in [-0.2, 0) is 0 Å². The molecule has 0 aliphatic heterocycles. The highest BCUT2D eigenvalue weighted by molar-refractivity contribution is 5.46. The smallest absolute Gasteiger partial charge is 0.119 e. The first-order valence-corrected chi connectivity index (χ1v) is 7.29. The summed E-state index contributed by atoms with van der Waals surface area (Å²) in [6, 6.07) is 8.27. The summed E-state index contributed by atoms with van der Waals surface area (Å²) < 4.78 is 5.65. The van der Waals surface area contributed by atoms with Gasteiger partial charge >= 0.3 is 0 Å². The zero-order valence-electron chi connectivity index (χ0n) is 12.3. The van der Waals surface area contributed by atoms with Gasteiger partial charge in [-0.05, 0) is 58.0 Å². The van der Waals surface area contributed by atoms with Crippen molar-refractivity contribution < 1.29 is 4.74 Å². The molecule has 1 aliphatic rings. The Kier molecular flexibility index (Phi) is 4.70. The van der Waals surface area contributed by atoms with Gasteiger partial charge in [0, 0.05) is 24.2 Å². The van der Waals surface area contributed by atoms with Crippen molar-refractivity contribution in [3.8, 4) is 5.75 Å². The molecule has 1 saturated carbocycles. The van der Waals surface area contributed by atoms with E-state index in [1.165, 1.54) is 24.9 Å². The van der Waals surface area contributed by atoms with Crippen molar-refractivity contribution in [2.45, 2.75) is 39.2 Å². The number of hydrogen-bond acceptors (Lipinski definition) is 3. The SMILES string of the molecule is CNCC1(CNc2ccc(OC(C)C)cc2)CCC1. The third-order valence-corrected chi connectivity index (χ3v) is 3.86. The Hall–Kier alpha value is -1.22. The van der Waals surface area contributed by atoms with Gasteiger partial charge < -0.3 is 15.4 Å². The molecule has 2 N–H and O–H groups in total. The summed E-state index contributed by atoms with van der Waals surface area (Å²) >= 11 is 0. The lowest BCUT2D eigenvalue weighted by Crippen LogP contribution is -2.44. The van der Waals surface area contributed by atoms with Gasteiger partial charge in [-0.25, -0.2) is 0 Å². The highest BCUT2D eigenvalue weighted by atomic mass is 16.5. The van der Waals surface area contributed by atoms with E-state index in [-0.39, 0.29) is 6.10 Å². The molecule has 0 bridgehead atoms. The molecule has 2 rings (SSSR count). The molecule has 0 spiro atoms. The summed E-state index contributed by atoms with van der Waals surface area (Å²) in [6.45, 7) is 6.25. The third-order valence-electron chi connectivity index (χ3n) is 3.86. The van der Waals surface area contributed by atoms with Crippen LogP contribution >= 0.6 is 0 Å². The molecule has 3 heteroatoms. The molecule has 0 heterocycles. The molecule has 1 aromatic rings. The van der Waals surface area contributed by atoms with Gasteiger partial charge in [-0.15, -0.1) is 0 Å². The van der Waals surface area contributed by atoms with Crippen molar-refractivity contribution >= 4 is 5.69 Å². The van der Waals surface area contributed by atoms with Crippen LogP contribution in [0.1, 0.15) is 33.1 Å². The molecule has 0 atom stereocenters. The Morgan fingerprint density at radius 2 is 1.84 bits per heavy atom. The van der Waals surface area contributed by atoms with Gasteiger partial charge in [0.1, 0.15) is 5.75 Å². The Labute approximate surface area is 116 Å². The van der Waals surface area contributed by atoms with Crippen LogP contribution in [0.2, 0.25) is 0 Å². The van der Waals surface area contributed by atoms with Crippen molar-refractivity contribution in [3.63, 3.8) is 0 Å². The van der Waals surface area contributed by atoms with Gasteiger partial charge in [0.05, 0.1) is 6.10 Å². The van der Waals surface area contributed by atoms with Crippen molar-refractivity contribution in [2.24, 2.45) is 5.41 Å². The molecule has 0 saturated heterocycles. The summed E-state index contributed by atoms with van der Waals surface area (Å²) in [6.07, 6.45) is 4.25. The highest BCUT2D eigenvalue weighted by Crippen LogP contribution is 2.40. The maximum absolute atomic E-state index is 5.65. The number of ether oxygens (including phenoxy) is 1. The van der Waals surface area contributed by atoms with E-state index in [0.29, 0.717) is 5.41 Å². The summed E-state index contributed by atoms with van der Waals surface area (Å²) in [4.78, 5) is 0. The molecule has 19 heavy (non-hydrogen) atoms. The minimum absolute atomic E-state index is 0.229. The second-order valence-corrected chi connectivity index (χ2v) is 5.93. The summed E-state index contributed by atoms with van der Waals surface area (Å²) in [5.74, 6) is 0.939. The number of hydrogen-bond donors (Lipinski definition) is 2. The van der Waals surface area contributed by atoms with Crippen LogP contribution in [0.25, 0.3) is 0 Å². The first kappa shape index (κ1) is 14.2. The minimum atomic E-state index is 0.229. The van der Waals surface area contributed by atoms with E-state index in [2.05, 4.69) is 22.8 Å². The number of benzene rings is 1. The lowest BCUT2D eigenvalue weighted by molar-refractivity contribution is 0.151. The van der Waals surface area contributed by atoms with Crippen molar-refractivity contribution in [2.75, 3.05) is 25.5 Å². The van der Waals surface area contributed by atoms with E-state index < -0.39 is 0 Å². The normalized spacial score (nSPS) is 17.1. The average molecular weight is 262 g/mol. The quantitative estimate of drug-likeness (QED) is 0.791. The van der Waals surface area contributed by atoms with Gasteiger partial charge in [-0.2, -0.15) is 0 Å². The maximum atomic E-state index is 5.65. The molecule has 0 aromatic heterocycles. The fraction of sp³-hybridized carbons (Fsp3) is 0.625. The summed E-state index contributed by atoms with van der Waals surface area (Å²) in [7, 11) is 2.04. The third kappa shape index (κ3) is 3.87. The lowest BCUT2D eigenvalue weighted by atomic mass is 9.68. The topological polar surface area (TPSA) is 33.3 Å². The molecule has 0 radical (unpaired) electrons. The standard InChI is InChI=1S/C16H26N2O/c1-13(2)19-15-7-5-14(6-8-15)18-12-16(11-17-3)9-4-10-16/h5-8,13,17-18H,4,9-12H2,1-3H3. The largest absolute Gasteiger partial charge is 0.491 e. The van der Waals surface area contributed by atoms with E-state index in [4.69, 9.17) is 4.74 Å². The zero-order valence-corrected chi connectivity index (χ0v) is 12.3. The van der Waals surface area contributed by atoms with E-state index in [1.54, 1.807) is 0 Å². The Bertz CT molecular complexity index is 382. The molecule has 1 aliphatic carbocycles. The molecule has 106 valence electrons. The summed E-state index contributed by atoms with van der Waals surface area (Å²) in [5.41, 5.74) is 1.64. The Balaban J connectivity index is 1.85. The molecule has 0 unspecified atom stereocenters. The predicted octanol–water partition coefficient (Wildman–Crippen LogP) is 3.28. The first-order valence-electron chi connectivity index (χ1n) is 7.29. The number of anilines is 1. The monoisotopic (exact) mass is 262 g/mol. The van der Waals surface area contributed by atoms with Gasteiger partial charge in [0.15, 0.2) is 0 Å². The number of rotatable bonds is 7. The second kappa shape index (κ2) is 6.29. The lowest BCUT2D eigenvalue weighted by Gasteiger charge is -2.42.